The van der Waals surface area contributed by atoms with E-state index in [2.05, 4.69) is 20.8 Å². The average Bonchev–Trinajstić information content (AvgIpc) is 3.18. The van der Waals surface area contributed by atoms with E-state index in [4.69, 9.17) is 28.2 Å². The largest absolute Gasteiger partial charge is 0.345 e. The summed E-state index contributed by atoms with van der Waals surface area (Å²) in [6.45, 7) is 1.98. The van der Waals surface area contributed by atoms with Crippen LogP contribution in [0.4, 0.5) is 5.13 Å². The van der Waals surface area contributed by atoms with Crippen LogP contribution in [0.2, 0.25) is 10.0 Å². The molecule has 2 heterocycles. The van der Waals surface area contributed by atoms with Gasteiger partial charge in [0, 0.05) is 51.6 Å². The third-order valence-electron chi connectivity index (χ3n) is 4.59. The van der Waals surface area contributed by atoms with Crippen molar-refractivity contribution in [3.63, 3.8) is 0 Å². The van der Waals surface area contributed by atoms with E-state index in [-0.39, 0.29) is 0 Å². The van der Waals surface area contributed by atoms with Gasteiger partial charge >= 0.3 is 0 Å². The molecule has 4 rings (SSSR count). The monoisotopic (exact) mass is 531 g/mol. The maximum atomic E-state index is 12.9. The Kier molecular flexibility index (Phi) is 6.20. The van der Waals surface area contributed by atoms with E-state index in [0.29, 0.717) is 41.1 Å². The lowest BCUT2D eigenvalue weighted by Gasteiger charge is -2.33. The number of halogens is 3. The van der Waals surface area contributed by atoms with Gasteiger partial charge in [-0.3, -0.25) is 0 Å². The first kappa shape index (κ1) is 21.1. The quantitative estimate of drug-likeness (QED) is 0.452. The molecule has 1 aromatic heterocycles. The Morgan fingerprint density at radius 1 is 1.00 bits per heavy atom. The van der Waals surface area contributed by atoms with Gasteiger partial charge in [0.1, 0.15) is 0 Å². The third kappa shape index (κ3) is 4.62. The number of hydrogen-bond acceptors (Lipinski definition) is 5. The topological polar surface area (TPSA) is 53.5 Å². The van der Waals surface area contributed by atoms with Crippen molar-refractivity contribution in [3.8, 4) is 11.3 Å². The number of benzene rings is 2. The maximum absolute atomic E-state index is 12.9. The summed E-state index contributed by atoms with van der Waals surface area (Å²) in [5.41, 5.74) is 1.67. The van der Waals surface area contributed by atoms with Gasteiger partial charge in [-0.15, -0.1) is 11.3 Å². The van der Waals surface area contributed by atoms with E-state index in [9.17, 15) is 8.42 Å². The molecule has 1 aliphatic heterocycles. The summed E-state index contributed by atoms with van der Waals surface area (Å²) >= 11 is 17.0. The highest BCUT2D eigenvalue weighted by atomic mass is 79.9. The number of rotatable bonds is 4. The van der Waals surface area contributed by atoms with Gasteiger partial charge in [-0.1, -0.05) is 45.2 Å². The minimum Gasteiger partial charge on any atom is -0.345 e. The molecule has 1 saturated heterocycles. The number of nitrogens with zero attached hydrogens (tertiary/aromatic N) is 3. The van der Waals surface area contributed by atoms with Gasteiger partial charge in [0.25, 0.3) is 0 Å². The van der Waals surface area contributed by atoms with Crippen molar-refractivity contribution in [2.75, 3.05) is 31.1 Å². The minimum absolute atomic E-state index is 0.301. The number of anilines is 1. The Hall–Kier alpha value is -1.16. The second-order valence-corrected chi connectivity index (χ2v) is 11.1. The van der Waals surface area contributed by atoms with Crippen LogP contribution in [0.1, 0.15) is 0 Å². The second kappa shape index (κ2) is 8.53. The number of sulfonamides is 1. The van der Waals surface area contributed by atoms with E-state index in [1.54, 1.807) is 24.3 Å². The summed E-state index contributed by atoms with van der Waals surface area (Å²) in [5.74, 6) is 0. The van der Waals surface area contributed by atoms with E-state index < -0.39 is 10.0 Å². The molecule has 10 heteroatoms. The molecule has 0 N–H and O–H groups in total. The normalized spacial score (nSPS) is 15.6. The third-order valence-corrected chi connectivity index (χ3v) is 8.32. The van der Waals surface area contributed by atoms with Crippen LogP contribution in [0.3, 0.4) is 0 Å². The van der Waals surface area contributed by atoms with Gasteiger partial charge in [-0.25, -0.2) is 13.4 Å². The predicted octanol–water partition coefficient (Wildman–Crippen LogP) is 5.39. The molecule has 1 aliphatic rings. The van der Waals surface area contributed by atoms with Crippen molar-refractivity contribution in [3.05, 3.63) is 62.4 Å². The van der Waals surface area contributed by atoms with Crippen LogP contribution in [-0.2, 0) is 10.0 Å². The van der Waals surface area contributed by atoms with Crippen molar-refractivity contribution < 1.29 is 8.42 Å². The molecule has 3 aromatic rings. The molecule has 152 valence electrons. The Morgan fingerprint density at radius 3 is 2.34 bits per heavy atom. The molecular formula is C19H16BrCl2N3O2S2. The highest BCUT2D eigenvalue weighted by Gasteiger charge is 2.29. The lowest BCUT2D eigenvalue weighted by molar-refractivity contribution is 0.385. The van der Waals surface area contributed by atoms with E-state index in [0.717, 1.165) is 20.9 Å². The highest BCUT2D eigenvalue weighted by molar-refractivity contribution is 9.10. The number of piperazine rings is 1. The lowest BCUT2D eigenvalue weighted by Crippen LogP contribution is -2.48. The van der Waals surface area contributed by atoms with Crippen LogP contribution in [0, 0.1) is 0 Å². The molecule has 2 aromatic carbocycles. The average molecular weight is 533 g/mol. The smallest absolute Gasteiger partial charge is 0.243 e. The number of hydrogen-bond donors (Lipinski definition) is 0. The minimum atomic E-state index is -3.51. The SMILES string of the molecule is O=S(=O)(c1cccc(Br)c1)N1CCN(c2nc(-c3cc(Cl)cc(Cl)c3)cs2)CC1. The summed E-state index contributed by atoms with van der Waals surface area (Å²) in [6.07, 6.45) is 0. The van der Waals surface area contributed by atoms with Gasteiger partial charge in [0.15, 0.2) is 5.13 Å². The summed E-state index contributed by atoms with van der Waals surface area (Å²) in [5, 5.41) is 3.94. The van der Waals surface area contributed by atoms with Crippen molar-refractivity contribution in [2.24, 2.45) is 0 Å². The Morgan fingerprint density at radius 2 is 1.69 bits per heavy atom. The first-order valence-corrected chi connectivity index (χ1v) is 12.6. The van der Waals surface area contributed by atoms with Crippen LogP contribution in [-0.4, -0.2) is 43.9 Å². The van der Waals surface area contributed by atoms with E-state index >= 15 is 0 Å². The molecule has 5 nitrogen and oxygen atoms in total. The summed E-state index contributed by atoms with van der Waals surface area (Å²) in [4.78, 5) is 7.10. The second-order valence-electron chi connectivity index (χ2n) is 6.52. The molecule has 29 heavy (non-hydrogen) atoms. The standard InChI is InChI=1S/C19H16BrCl2N3O2S2/c20-14-2-1-3-17(10-14)29(26,27)25-6-4-24(5-7-25)19-23-18(12-28-19)13-8-15(21)11-16(22)9-13/h1-3,8-12H,4-7H2. The van der Waals surface area contributed by atoms with Crippen molar-refractivity contribution >= 4 is 65.6 Å². The molecular weight excluding hydrogens is 517 g/mol. The molecule has 1 fully saturated rings. The van der Waals surface area contributed by atoms with Crippen LogP contribution in [0.25, 0.3) is 11.3 Å². The van der Waals surface area contributed by atoms with Crippen molar-refractivity contribution in [1.29, 1.82) is 0 Å². The van der Waals surface area contributed by atoms with E-state index in [1.807, 2.05) is 23.6 Å². The van der Waals surface area contributed by atoms with Crippen molar-refractivity contribution in [1.82, 2.24) is 9.29 Å². The number of thiazole rings is 1. The Balaban J connectivity index is 1.47. The molecule has 0 spiro atoms. The molecule has 0 atom stereocenters. The highest BCUT2D eigenvalue weighted by Crippen LogP contribution is 2.32. The molecule has 0 amide bonds. The first-order chi connectivity index (χ1) is 13.8. The fourth-order valence-electron chi connectivity index (χ4n) is 3.14. The fourth-order valence-corrected chi connectivity index (χ4v) is 6.57. The lowest BCUT2D eigenvalue weighted by atomic mass is 10.2. The summed E-state index contributed by atoms with van der Waals surface area (Å²) < 4.78 is 28.0. The summed E-state index contributed by atoms with van der Waals surface area (Å²) in [6, 6.07) is 12.1. The Bertz CT molecular complexity index is 1130. The maximum Gasteiger partial charge on any atom is 0.243 e. The first-order valence-electron chi connectivity index (χ1n) is 8.75. The Labute approximate surface area is 192 Å². The zero-order valence-electron chi connectivity index (χ0n) is 15.1. The molecule has 0 unspecified atom stereocenters. The van der Waals surface area contributed by atoms with Crippen LogP contribution in [0.5, 0.6) is 0 Å². The fraction of sp³-hybridized carbons (Fsp3) is 0.211. The van der Waals surface area contributed by atoms with E-state index in [1.165, 1.54) is 15.6 Å². The van der Waals surface area contributed by atoms with Gasteiger partial charge in [0.05, 0.1) is 10.6 Å². The van der Waals surface area contributed by atoms with Crippen LogP contribution >= 0.6 is 50.5 Å². The molecule has 0 saturated carbocycles. The summed E-state index contributed by atoms with van der Waals surface area (Å²) in [7, 11) is -3.51. The zero-order valence-corrected chi connectivity index (χ0v) is 19.8. The predicted molar refractivity (Wildman–Crippen MR) is 123 cm³/mol. The van der Waals surface area contributed by atoms with Gasteiger partial charge < -0.3 is 4.90 Å². The van der Waals surface area contributed by atoms with Crippen LogP contribution < -0.4 is 4.90 Å². The van der Waals surface area contributed by atoms with Gasteiger partial charge in [0.2, 0.25) is 10.0 Å². The van der Waals surface area contributed by atoms with Crippen LogP contribution in [0.15, 0.2) is 57.2 Å². The zero-order chi connectivity index (χ0) is 20.6. The molecule has 0 aliphatic carbocycles. The molecule has 0 radical (unpaired) electrons. The number of aromatic nitrogens is 1. The van der Waals surface area contributed by atoms with Crippen molar-refractivity contribution in [2.45, 2.75) is 4.90 Å². The van der Waals surface area contributed by atoms with Gasteiger partial charge in [-0.05, 0) is 36.4 Å². The van der Waals surface area contributed by atoms with Gasteiger partial charge in [-0.2, -0.15) is 4.31 Å². The molecule has 0 bridgehead atoms.